The highest BCUT2D eigenvalue weighted by atomic mass is 32.2. The number of carbonyl (C=O) groups excluding carboxylic acids is 1. The van der Waals surface area contributed by atoms with Gasteiger partial charge >= 0.3 is 0 Å². The van der Waals surface area contributed by atoms with Gasteiger partial charge < -0.3 is 14.6 Å². The summed E-state index contributed by atoms with van der Waals surface area (Å²) >= 11 is 1.77. The van der Waals surface area contributed by atoms with Gasteiger partial charge in [-0.05, 0) is 49.4 Å². The van der Waals surface area contributed by atoms with Gasteiger partial charge in [-0.3, -0.25) is 14.3 Å². The number of sulfonamides is 1. The van der Waals surface area contributed by atoms with Crippen LogP contribution < -0.4 is 15.0 Å². The molecule has 1 amide bonds. The van der Waals surface area contributed by atoms with Crippen molar-refractivity contribution >= 4 is 44.3 Å². The molecule has 2 N–H and O–H groups in total. The lowest BCUT2D eigenvalue weighted by atomic mass is 10.1. The lowest BCUT2D eigenvalue weighted by Crippen LogP contribution is -2.38. The van der Waals surface area contributed by atoms with Crippen LogP contribution >= 0.6 is 11.8 Å². The van der Waals surface area contributed by atoms with Crippen molar-refractivity contribution in [3.63, 3.8) is 0 Å². The number of hydrogen-bond acceptors (Lipinski definition) is 6. The second kappa shape index (κ2) is 9.25. The number of amides is 1. The number of aromatic amines is 1. The smallest absolute Gasteiger partial charge is 0.261 e. The molecule has 4 rings (SSSR count). The SMILES string of the molecule is CCOc1ccc(NS(=O)(=O)c2ccc3[nH]c(=O)cc(C(=O)N4CCSCC4)c3c2)cc1. The van der Waals surface area contributed by atoms with E-state index in [1.54, 1.807) is 40.9 Å². The van der Waals surface area contributed by atoms with Gasteiger partial charge in [-0.2, -0.15) is 11.8 Å². The molecule has 0 unspecified atom stereocenters. The van der Waals surface area contributed by atoms with Gasteiger partial charge in [0.1, 0.15) is 5.75 Å². The molecule has 1 fully saturated rings. The molecule has 10 heteroatoms. The van der Waals surface area contributed by atoms with Crippen molar-refractivity contribution in [2.24, 2.45) is 0 Å². The van der Waals surface area contributed by atoms with E-state index in [-0.39, 0.29) is 16.4 Å². The predicted octanol–water partition coefficient (Wildman–Crippen LogP) is 2.92. The van der Waals surface area contributed by atoms with E-state index in [4.69, 9.17) is 4.74 Å². The average molecular weight is 474 g/mol. The summed E-state index contributed by atoms with van der Waals surface area (Å²) in [6.45, 7) is 3.57. The van der Waals surface area contributed by atoms with E-state index in [1.807, 2.05) is 6.92 Å². The molecule has 32 heavy (non-hydrogen) atoms. The molecule has 2 aromatic carbocycles. The van der Waals surface area contributed by atoms with Crippen molar-refractivity contribution < 1.29 is 17.9 Å². The summed E-state index contributed by atoms with van der Waals surface area (Å²) in [6, 6.07) is 12.2. The van der Waals surface area contributed by atoms with Crippen molar-refractivity contribution in [3.8, 4) is 5.75 Å². The third-order valence-corrected chi connectivity index (χ3v) is 7.39. The maximum Gasteiger partial charge on any atom is 0.261 e. The van der Waals surface area contributed by atoms with Crippen molar-refractivity contribution in [1.82, 2.24) is 9.88 Å². The lowest BCUT2D eigenvalue weighted by Gasteiger charge is -2.26. The minimum atomic E-state index is -3.92. The zero-order valence-electron chi connectivity index (χ0n) is 17.5. The highest BCUT2D eigenvalue weighted by molar-refractivity contribution is 7.99. The Labute approximate surface area is 190 Å². The number of carbonyl (C=O) groups is 1. The molecule has 1 saturated heterocycles. The molecule has 0 atom stereocenters. The molecule has 3 aromatic rings. The number of rotatable bonds is 6. The van der Waals surface area contributed by atoms with Crippen molar-refractivity contribution in [2.45, 2.75) is 11.8 Å². The fourth-order valence-electron chi connectivity index (χ4n) is 3.51. The van der Waals surface area contributed by atoms with Crippen LogP contribution in [-0.4, -0.2) is 55.4 Å². The highest BCUT2D eigenvalue weighted by Gasteiger charge is 2.23. The largest absolute Gasteiger partial charge is 0.494 e. The summed E-state index contributed by atoms with van der Waals surface area (Å²) in [5.41, 5.74) is 0.591. The van der Waals surface area contributed by atoms with E-state index in [9.17, 15) is 18.0 Å². The predicted molar refractivity (Wildman–Crippen MR) is 126 cm³/mol. The van der Waals surface area contributed by atoms with Gasteiger partial charge in [0.05, 0.1) is 17.1 Å². The molecule has 168 valence electrons. The topological polar surface area (TPSA) is 109 Å². The Kier molecular flexibility index (Phi) is 6.43. The molecule has 1 aliphatic heterocycles. The fourth-order valence-corrected chi connectivity index (χ4v) is 5.50. The van der Waals surface area contributed by atoms with Gasteiger partial charge in [0.15, 0.2) is 0 Å². The zero-order chi connectivity index (χ0) is 22.7. The standard InChI is InChI=1S/C22H23N3O5S2/c1-2-30-16-5-3-15(4-6-16)24-32(28,29)17-7-8-20-18(13-17)19(14-21(26)23-20)22(27)25-9-11-31-12-10-25/h3-8,13-14,24H,2,9-12H2,1H3,(H,23,26). The number of fused-ring (bicyclic) bond motifs is 1. The third-order valence-electron chi connectivity index (χ3n) is 5.07. The molecule has 0 radical (unpaired) electrons. The normalized spacial score (nSPS) is 14.3. The Bertz CT molecular complexity index is 1300. The summed E-state index contributed by atoms with van der Waals surface area (Å²) < 4.78 is 33.9. The van der Waals surface area contributed by atoms with Crippen LogP contribution in [0.25, 0.3) is 10.9 Å². The van der Waals surface area contributed by atoms with Crippen molar-refractivity contribution in [1.29, 1.82) is 0 Å². The maximum atomic E-state index is 13.1. The molecule has 0 bridgehead atoms. The third kappa shape index (κ3) is 4.76. The van der Waals surface area contributed by atoms with E-state index >= 15 is 0 Å². The molecule has 2 heterocycles. The molecular formula is C22H23N3O5S2. The Balaban J connectivity index is 1.69. The van der Waals surface area contributed by atoms with Crippen LogP contribution in [0.3, 0.4) is 0 Å². The molecule has 0 aliphatic carbocycles. The first-order valence-electron chi connectivity index (χ1n) is 10.2. The second-order valence-electron chi connectivity index (χ2n) is 7.22. The van der Waals surface area contributed by atoms with Crippen LogP contribution in [0.1, 0.15) is 17.3 Å². The second-order valence-corrected chi connectivity index (χ2v) is 10.1. The summed E-state index contributed by atoms with van der Waals surface area (Å²) in [5.74, 6) is 2.04. The number of benzene rings is 2. The van der Waals surface area contributed by atoms with Crippen molar-refractivity contribution in [2.75, 3.05) is 35.9 Å². The Morgan fingerprint density at radius 2 is 1.84 bits per heavy atom. The first kappa shape index (κ1) is 22.2. The Morgan fingerprint density at radius 3 is 2.53 bits per heavy atom. The number of thioether (sulfide) groups is 1. The number of H-pyrrole nitrogens is 1. The number of aromatic nitrogens is 1. The van der Waals surface area contributed by atoms with Gasteiger partial charge in [-0.15, -0.1) is 0 Å². The van der Waals surface area contributed by atoms with Gasteiger partial charge in [0.25, 0.3) is 15.9 Å². The maximum absolute atomic E-state index is 13.1. The van der Waals surface area contributed by atoms with E-state index in [0.717, 1.165) is 11.5 Å². The zero-order valence-corrected chi connectivity index (χ0v) is 19.1. The minimum absolute atomic E-state index is 0.00539. The highest BCUT2D eigenvalue weighted by Crippen LogP contribution is 2.25. The number of hydrogen-bond donors (Lipinski definition) is 2. The van der Waals surface area contributed by atoms with E-state index in [0.29, 0.717) is 42.0 Å². The molecule has 1 aliphatic rings. The number of nitrogens with zero attached hydrogens (tertiary/aromatic N) is 1. The molecule has 1 aromatic heterocycles. The van der Waals surface area contributed by atoms with E-state index < -0.39 is 15.6 Å². The summed E-state index contributed by atoms with van der Waals surface area (Å²) in [5, 5.41) is 0.391. The van der Waals surface area contributed by atoms with Gasteiger partial charge in [-0.1, -0.05) is 0 Å². The number of anilines is 1. The van der Waals surface area contributed by atoms with Gasteiger partial charge in [0.2, 0.25) is 5.56 Å². The molecular weight excluding hydrogens is 450 g/mol. The summed E-state index contributed by atoms with van der Waals surface area (Å²) in [4.78, 5) is 29.6. The lowest BCUT2D eigenvalue weighted by molar-refractivity contribution is 0.0774. The van der Waals surface area contributed by atoms with Crippen LogP contribution in [0.4, 0.5) is 5.69 Å². The number of nitrogens with one attached hydrogen (secondary N) is 2. The quantitative estimate of drug-likeness (QED) is 0.570. The first-order valence-corrected chi connectivity index (χ1v) is 12.8. The minimum Gasteiger partial charge on any atom is -0.494 e. The number of ether oxygens (including phenoxy) is 1. The van der Waals surface area contributed by atoms with Gasteiger partial charge in [0, 0.05) is 47.3 Å². The van der Waals surface area contributed by atoms with E-state index in [2.05, 4.69) is 9.71 Å². The van der Waals surface area contributed by atoms with Crippen LogP contribution in [0.5, 0.6) is 5.75 Å². The van der Waals surface area contributed by atoms with E-state index in [1.165, 1.54) is 24.3 Å². The average Bonchev–Trinajstić information content (AvgIpc) is 2.79. The Morgan fingerprint density at radius 1 is 1.12 bits per heavy atom. The van der Waals surface area contributed by atoms with Crippen molar-refractivity contribution in [3.05, 3.63) is 64.4 Å². The Hall–Kier alpha value is -2.98. The monoisotopic (exact) mass is 473 g/mol. The first-order chi connectivity index (χ1) is 15.4. The molecule has 0 spiro atoms. The molecule has 8 nitrogen and oxygen atoms in total. The van der Waals surface area contributed by atoms with Crippen LogP contribution in [0, 0.1) is 0 Å². The van der Waals surface area contributed by atoms with Crippen LogP contribution in [-0.2, 0) is 10.0 Å². The number of pyridine rings is 1. The summed E-state index contributed by atoms with van der Waals surface area (Å²) in [7, 11) is -3.92. The van der Waals surface area contributed by atoms with Gasteiger partial charge in [-0.25, -0.2) is 8.42 Å². The molecule has 0 saturated carbocycles. The van der Waals surface area contributed by atoms with Crippen LogP contribution in [0.15, 0.2) is 58.2 Å². The summed E-state index contributed by atoms with van der Waals surface area (Å²) in [6.07, 6.45) is 0. The fraction of sp³-hybridized carbons (Fsp3) is 0.273. The van der Waals surface area contributed by atoms with Crippen LogP contribution in [0.2, 0.25) is 0 Å².